The summed E-state index contributed by atoms with van der Waals surface area (Å²) in [6, 6.07) is 7.50. The van der Waals surface area contributed by atoms with E-state index in [9.17, 15) is 4.79 Å². The molecule has 118 valence electrons. The SMILES string of the molecule is COc1ccccc1C(C)CNC(=O)NC(C)C(C)CO. The molecule has 1 aromatic rings. The van der Waals surface area contributed by atoms with Crippen LogP contribution >= 0.6 is 0 Å². The number of amides is 2. The molecule has 0 radical (unpaired) electrons. The van der Waals surface area contributed by atoms with E-state index in [1.165, 1.54) is 0 Å². The summed E-state index contributed by atoms with van der Waals surface area (Å²) in [5.74, 6) is 1.01. The zero-order valence-electron chi connectivity index (χ0n) is 13.2. The van der Waals surface area contributed by atoms with Crippen LogP contribution in [0.4, 0.5) is 4.79 Å². The van der Waals surface area contributed by atoms with E-state index < -0.39 is 0 Å². The van der Waals surface area contributed by atoms with Gasteiger partial charge < -0.3 is 20.5 Å². The third kappa shape index (κ3) is 5.27. The first kappa shape index (κ1) is 17.3. The van der Waals surface area contributed by atoms with Crippen LogP contribution in [0.2, 0.25) is 0 Å². The molecule has 1 rings (SSSR count). The number of rotatable bonds is 7. The lowest BCUT2D eigenvalue weighted by Gasteiger charge is -2.21. The van der Waals surface area contributed by atoms with Crippen LogP contribution in [-0.4, -0.2) is 37.4 Å². The first-order valence-electron chi connectivity index (χ1n) is 7.27. The van der Waals surface area contributed by atoms with Crippen LogP contribution in [0.25, 0.3) is 0 Å². The van der Waals surface area contributed by atoms with Crippen molar-refractivity contribution in [2.24, 2.45) is 5.92 Å². The van der Waals surface area contributed by atoms with Crippen molar-refractivity contribution >= 4 is 6.03 Å². The largest absolute Gasteiger partial charge is 0.496 e. The maximum absolute atomic E-state index is 11.8. The van der Waals surface area contributed by atoms with E-state index in [1.54, 1.807) is 7.11 Å². The summed E-state index contributed by atoms with van der Waals surface area (Å²) < 4.78 is 5.33. The van der Waals surface area contributed by atoms with Gasteiger partial charge in [0.25, 0.3) is 0 Å². The molecule has 0 spiro atoms. The Bertz CT molecular complexity index is 451. The van der Waals surface area contributed by atoms with Crippen molar-refractivity contribution in [1.82, 2.24) is 10.6 Å². The first-order valence-corrected chi connectivity index (χ1v) is 7.27. The highest BCUT2D eigenvalue weighted by molar-refractivity contribution is 5.74. The summed E-state index contributed by atoms with van der Waals surface area (Å²) >= 11 is 0. The molecule has 5 heteroatoms. The predicted octanol–water partition coefficient (Wildman–Crippen LogP) is 2.11. The second-order valence-corrected chi connectivity index (χ2v) is 5.45. The van der Waals surface area contributed by atoms with Crippen LogP contribution in [0, 0.1) is 5.92 Å². The number of ether oxygens (including phenoxy) is 1. The standard InChI is InChI=1S/C16H26N2O3/c1-11(14-7-5-6-8-15(14)21-4)9-17-16(20)18-13(3)12(2)10-19/h5-8,11-13,19H,9-10H2,1-4H3,(H2,17,18,20). The minimum atomic E-state index is -0.218. The van der Waals surface area contributed by atoms with Crippen LogP contribution in [0.1, 0.15) is 32.3 Å². The van der Waals surface area contributed by atoms with Crippen molar-refractivity contribution in [2.45, 2.75) is 32.7 Å². The van der Waals surface area contributed by atoms with Gasteiger partial charge in [-0.15, -0.1) is 0 Å². The number of carbonyl (C=O) groups is 1. The van der Waals surface area contributed by atoms with Gasteiger partial charge in [-0.3, -0.25) is 0 Å². The molecule has 0 aromatic heterocycles. The van der Waals surface area contributed by atoms with E-state index >= 15 is 0 Å². The van der Waals surface area contributed by atoms with Crippen molar-refractivity contribution in [3.8, 4) is 5.75 Å². The van der Waals surface area contributed by atoms with Gasteiger partial charge in [0.1, 0.15) is 5.75 Å². The number of para-hydroxylation sites is 1. The van der Waals surface area contributed by atoms with Crippen molar-refractivity contribution in [2.75, 3.05) is 20.3 Å². The molecule has 0 aliphatic heterocycles. The Balaban J connectivity index is 2.49. The molecule has 1 aromatic carbocycles. The second-order valence-electron chi connectivity index (χ2n) is 5.45. The summed E-state index contributed by atoms with van der Waals surface area (Å²) in [5.41, 5.74) is 1.07. The average molecular weight is 294 g/mol. The normalized spacial score (nSPS) is 14.9. The fraction of sp³-hybridized carbons (Fsp3) is 0.562. The topological polar surface area (TPSA) is 70.6 Å². The average Bonchev–Trinajstić information content (AvgIpc) is 2.51. The Hall–Kier alpha value is -1.75. The van der Waals surface area contributed by atoms with E-state index in [2.05, 4.69) is 10.6 Å². The Morgan fingerprint density at radius 1 is 1.29 bits per heavy atom. The molecule has 0 aliphatic carbocycles. The molecule has 0 heterocycles. The summed E-state index contributed by atoms with van der Waals surface area (Å²) in [6.07, 6.45) is 0. The van der Waals surface area contributed by atoms with Gasteiger partial charge in [-0.25, -0.2) is 4.79 Å². The lowest BCUT2D eigenvalue weighted by Crippen LogP contribution is -2.45. The number of hydrogen-bond acceptors (Lipinski definition) is 3. The number of nitrogens with one attached hydrogen (secondary N) is 2. The lowest BCUT2D eigenvalue weighted by atomic mass is 10.00. The highest BCUT2D eigenvalue weighted by Crippen LogP contribution is 2.25. The van der Waals surface area contributed by atoms with Gasteiger partial charge in [0.05, 0.1) is 7.11 Å². The minimum Gasteiger partial charge on any atom is -0.496 e. The molecule has 0 saturated heterocycles. The van der Waals surface area contributed by atoms with E-state index in [-0.39, 0.29) is 30.5 Å². The molecule has 0 saturated carbocycles. The van der Waals surface area contributed by atoms with E-state index in [4.69, 9.17) is 9.84 Å². The van der Waals surface area contributed by atoms with Crippen molar-refractivity contribution in [1.29, 1.82) is 0 Å². The lowest BCUT2D eigenvalue weighted by molar-refractivity contribution is 0.200. The number of carbonyl (C=O) groups excluding carboxylic acids is 1. The number of aliphatic hydroxyl groups excluding tert-OH is 1. The van der Waals surface area contributed by atoms with Crippen molar-refractivity contribution in [3.05, 3.63) is 29.8 Å². The Morgan fingerprint density at radius 2 is 1.95 bits per heavy atom. The summed E-state index contributed by atoms with van der Waals surface area (Å²) in [7, 11) is 1.64. The molecule has 3 unspecified atom stereocenters. The van der Waals surface area contributed by atoms with Gasteiger partial charge in [-0.2, -0.15) is 0 Å². The zero-order valence-corrected chi connectivity index (χ0v) is 13.2. The van der Waals surface area contributed by atoms with Gasteiger partial charge in [-0.05, 0) is 24.5 Å². The highest BCUT2D eigenvalue weighted by atomic mass is 16.5. The molecule has 3 N–H and O–H groups in total. The Labute approximate surface area is 126 Å². The zero-order chi connectivity index (χ0) is 15.8. The molecular weight excluding hydrogens is 268 g/mol. The van der Waals surface area contributed by atoms with Crippen LogP contribution in [0.5, 0.6) is 5.75 Å². The molecule has 0 fully saturated rings. The molecule has 21 heavy (non-hydrogen) atoms. The molecule has 0 bridgehead atoms. The van der Waals surface area contributed by atoms with Crippen LogP contribution < -0.4 is 15.4 Å². The van der Waals surface area contributed by atoms with Gasteiger partial charge >= 0.3 is 6.03 Å². The van der Waals surface area contributed by atoms with E-state index in [0.29, 0.717) is 6.54 Å². The summed E-state index contributed by atoms with van der Waals surface area (Å²) in [5, 5.41) is 14.7. The van der Waals surface area contributed by atoms with E-state index in [1.807, 2.05) is 45.0 Å². The van der Waals surface area contributed by atoms with Crippen LogP contribution in [-0.2, 0) is 0 Å². The van der Waals surface area contributed by atoms with Gasteiger partial charge in [-0.1, -0.05) is 32.0 Å². The number of urea groups is 1. The molecule has 0 aliphatic rings. The Morgan fingerprint density at radius 3 is 2.57 bits per heavy atom. The number of aliphatic hydroxyl groups is 1. The highest BCUT2D eigenvalue weighted by Gasteiger charge is 2.15. The van der Waals surface area contributed by atoms with Gasteiger partial charge in [0, 0.05) is 25.1 Å². The smallest absolute Gasteiger partial charge is 0.315 e. The third-order valence-corrected chi connectivity index (χ3v) is 3.74. The number of methoxy groups -OCH3 is 1. The fourth-order valence-electron chi connectivity index (χ4n) is 1.99. The molecule has 5 nitrogen and oxygen atoms in total. The maximum Gasteiger partial charge on any atom is 0.315 e. The van der Waals surface area contributed by atoms with Crippen molar-refractivity contribution in [3.63, 3.8) is 0 Å². The third-order valence-electron chi connectivity index (χ3n) is 3.74. The first-order chi connectivity index (χ1) is 9.99. The maximum atomic E-state index is 11.8. The number of hydrogen-bond donors (Lipinski definition) is 3. The fourth-order valence-corrected chi connectivity index (χ4v) is 1.99. The van der Waals surface area contributed by atoms with Crippen LogP contribution in [0.3, 0.4) is 0 Å². The van der Waals surface area contributed by atoms with E-state index in [0.717, 1.165) is 11.3 Å². The Kier molecular flexibility index (Phi) is 7.02. The van der Waals surface area contributed by atoms with Gasteiger partial charge in [0.2, 0.25) is 0 Å². The van der Waals surface area contributed by atoms with Crippen molar-refractivity contribution < 1.29 is 14.6 Å². The summed E-state index contributed by atoms with van der Waals surface area (Å²) in [4.78, 5) is 11.8. The minimum absolute atomic E-state index is 0.0300. The van der Waals surface area contributed by atoms with Crippen LogP contribution in [0.15, 0.2) is 24.3 Å². The number of benzene rings is 1. The van der Waals surface area contributed by atoms with Gasteiger partial charge in [0.15, 0.2) is 0 Å². The summed E-state index contributed by atoms with van der Waals surface area (Å²) in [6.45, 7) is 6.38. The monoisotopic (exact) mass is 294 g/mol. The molecular formula is C16H26N2O3. The molecule has 2 amide bonds. The quantitative estimate of drug-likeness (QED) is 0.721. The second kappa shape index (κ2) is 8.52. The predicted molar refractivity (Wildman–Crippen MR) is 83.7 cm³/mol. The molecule has 3 atom stereocenters.